The van der Waals surface area contributed by atoms with E-state index >= 15 is 0 Å². The van der Waals surface area contributed by atoms with Crippen LogP contribution in [0.2, 0.25) is 0 Å². The first-order chi connectivity index (χ1) is 12.5. The second-order valence-electron chi connectivity index (χ2n) is 7.23. The van der Waals surface area contributed by atoms with Gasteiger partial charge in [-0.15, -0.1) is 0 Å². The van der Waals surface area contributed by atoms with Gasteiger partial charge in [-0.05, 0) is 55.1 Å². The quantitative estimate of drug-likeness (QED) is 0.505. The summed E-state index contributed by atoms with van der Waals surface area (Å²) in [5.41, 5.74) is -0.629. The minimum Gasteiger partial charge on any atom is -0.423 e. The Morgan fingerprint density at radius 3 is 2.59 bits per heavy atom. The Balaban J connectivity index is 1.89. The van der Waals surface area contributed by atoms with Crippen molar-refractivity contribution in [2.75, 3.05) is 0 Å². The van der Waals surface area contributed by atoms with Gasteiger partial charge in [-0.1, -0.05) is 18.2 Å². The van der Waals surface area contributed by atoms with Crippen LogP contribution in [0.25, 0.3) is 0 Å². The highest BCUT2D eigenvalue weighted by molar-refractivity contribution is 6.61. The molecule has 1 heterocycles. The van der Waals surface area contributed by atoms with Gasteiger partial charge in [0.1, 0.15) is 5.82 Å². The average molecular weight is 380 g/mol. The third kappa shape index (κ3) is 4.22. The van der Waals surface area contributed by atoms with Crippen molar-refractivity contribution in [3.05, 3.63) is 64.5 Å². The maximum Gasteiger partial charge on any atom is 0.491 e. The molecule has 0 unspecified atom stereocenters. The Kier molecular flexibility index (Phi) is 4.90. The molecule has 0 saturated heterocycles. The predicted molar refractivity (Wildman–Crippen MR) is 92.4 cm³/mol. The first-order valence-electron chi connectivity index (χ1n) is 8.34. The third-order valence-electron chi connectivity index (χ3n) is 4.48. The van der Waals surface area contributed by atoms with E-state index in [1.807, 2.05) is 13.8 Å². The van der Waals surface area contributed by atoms with Gasteiger partial charge in [-0.2, -0.15) is 13.2 Å². The van der Waals surface area contributed by atoms with Gasteiger partial charge >= 0.3 is 13.3 Å². The number of rotatable bonds is 3. The molecule has 0 atom stereocenters. The number of carbonyl (C=O) groups is 1. The summed E-state index contributed by atoms with van der Waals surface area (Å²) >= 11 is 0. The van der Waals surface area contributed by atoms with Crippen LogP contribution in [0.15, 0.2) is 36.4 Å². The maximum absolute atomic E-state index is 13.2. The summed E-state index contributed by atoms with van der Waals surface area (Å²) in [5, 5.41) is 10.2. The molecule has 27 heavy (non-hydrogen) atoms. The predicted octanol–water partition coefficient (Wildman–Crippen LogP) is 3.31. The maximum atomic E-state index is 13.2. The Bertz CT molecular complexity index is 893. The molecule has 0 aromatic heterocycles. The van der Waals surface area contributed by atoms with Gasteiger partial charge < -0.3 is 9.68 Å². The molecule has 1 aliphatic rings. The highest BCUT2D eigenvalue weighted by Crippen LogP contribution is 2.33. The lowest BCUT2D eigenvalue weighted by Crippen LogP contribution is -2.50. The lowest BCUT2D eigenvalue weighted by Gasteiger charge is -2.34. The van der Waals surface area contributed by atoms with Gasteiger partial charge in [0.15, 0.2) is 5.78 Å². The number of ketones is 1. The smallest absolute Gasteiger partial charge is 0.423 e. The molecule has 0 aliphatic carbocycles. The molecule has 0 bridgehead atoms. The number of carbonyl (C=O) groups excluding carboxylic acids is 1. The molecule has 142 valence electrons. The van der Waals surface area contributed by atoms with E-state index in [-0.39, 0.29) is 6.42 Å². The van der Waals surface area contributed by atoms with E-state index in [0.29, 0.717) is 23.5 Å². The summed E-state index contributed by atoms with van der Waals surface area (Å²) in [4.78, 5) is 12.4. The highest BCUT2D eigenvalue weighted by Gasteiger charge is 2.37. The SMILES string of the molecule is CC1(C)Cc2ccc(CC(=O)c3ccc(F)cc3C(F)(F)F)cc2B(O)O1. The van der Waals surface area contributed by atoms with Gasteiger partial charge in [0.05, 0.1) is 11.2 Å². The molecular weight excluding hydrogens is 363 g/mol. The van der Waals surface area contributed by atoms with Gasteiger partial charge in [0.2, 0.25) is 0 Å². The van der Waals surface area contributed by atoms with Crippen LogP contribution in [0.5, 0.6) is 0 Å². The molecule has 0 spiro atoms. The van der Waals surface area contributed by atoms with Crippen LogP contribution in [0.3, 0.4) is 0 Å². The van der Waals surface area contributed by atoms with Crippen LogP contribution >= 0.6 is 0 Å². The molecule has 0 fully saturated rings. The van der Waals surface area contributed by atoms with E-state index in [4.69, 9.17) is 4.65 Å². The molecule has 1 N–H and O–H groups in total. The fraction of sp³-hybridized carbons (Fsp3) is 0.316. The number of hydrogen-bond acceptors (Lipinski definition) is 3. The molecule has 0 saturated carbocycles. The fourth-order valence-electron chi connectivity index (χ4n) is 3.29. The van der Waals surface area contributed by atoms with Crippen molar-refractivity contribution in [1.82, 2.24) is 0 Å². The minimum absolute atomic E-state index is 0.307. The van der Waals surface area contributed by atoms with Crippen molar-refractivity contribution in [2.24, 2.45) is 0 Å². The number of alkyl halides is 3. The van der Waals surface area contributed by atoms with Crippen LogP contribution in [-0.2, 0) is 23.7 Å². The Hall–Kier alpha value is -2.19. The van der Waals surface area contributed by atoms with Crippen LogP contribution in [0, 0.1) is 5.82 Å². The summed E-state index contributed by atoms with van der Waals surface area (Å²) in [7, 11) is -1.17. The molecular formula is C19H17BF4O3. The molecule has 2 aromatic rings. The van der Waals surface area contributed by atoms with Crippen LogP contribution in [0.4, 0.5) is 17.6 Å². The number of hydrogen-bond donors (Lipinski definition) is 1. The van der Waals surface area contributed by atoms with E-state index in [1.54, 1.807) is 18.2 Å². The second kappa shape index (κ2) is 6.76. The number of Topliss-reactive ketones (excluding diaryl/α,β-unsaturated/α-hetero) is 1. The minimum atomic E-state index is -4.83. The Morgan fingerprint density at radius 1 is 1.22 bits per heavy atom. The van der Waals surface area contributed by atoms with E-state index < -0.39 is 41.6 Å². The van der Waals surface area contributed by atoms with Gasteiger partial charge in [-0.3, -0.25) is 4.79 Å². The molecule has 2 aromatic carbocycles. The van der Waals surface area contributed by atoms with E-state index in [0.717, 1.165) is 17.7 Å². The zero-order chi connectivity index (χ0) is 20.0. The van der Waals surface area contributed by atoms with E-state index in [2.05, 4.69) is 0 Å². The monoisotopic (exact) mass is 380 g/mol. The lowest BCUT2D eigenvalue weighted by molar-refractivity contribution is -0.138. The first-order valence-corrected chi connectivity index (χ1v) is 8.34. The van der Waals surface area contributed by atoms with Crippen LogP contribution in [0.1, 0.15) is 40.9 Å². The van der Waals surface area contributed by atoms with Gasteiger partial charge in [0, 0.05) is 12.0 Å². The molecule has 1 aliphatic heterocycles. The van der Waals surface area contributed by atoms with Crippen LogP contribution < -0.4 is 5.46 Å². The average Bonchev–Trinajstić information content (AvgIpc) is 2.53. The van der Waals surface area contributed by atoms with Crippen molar-refractivity contribution < 1.29 is 32.0 Å². The summed E-state index contributed by atoms with van der Waals surface area (Å²) in [6, 6.07) is 6.93. The third-order valence-corrected chi connectivity index (χ3v) is 4.48. The van der Waals surface area contributed by atoms with Gasteiger partial charge in [0.25, 0.3) is 0 Å². The Labute approximate surface area is 154 Å². The van der Waals surface area contributed by atoms with Crippen molar-refractivity contribution in [3.63, 3.8) is 0 Å². The summed E-state index contributed by atoms with van der Waals surface area (Å²) in [6.45, 7) is 3.67. The topological polar surface area (TPSA) is 46.5 Å². The van der Waals surface area contributed by atoms with Crippen molar-refractivity contribution in [2.45, 2.75) is 38.5 Å². The molecule has 8 heteroatoms. The summed E-state index contributed by atoms with van der Waals surface area (Å²) in [5.74, 6) is -1.84. The van der Waals surface area contributed by atoms with Gasteiger partial charge in [-0.25, -0.2) is 4.39 Å². The highest BCUT2D eigenvalue weighted by atomic mass is 19.4. The molecule has 0 amide bonds. The molecule has 3 nitrogen and oxygen atoms in total. The molecule has 3 rings (SSSR count). The van der Waals surface area contributed by atoms with Crippen molar-refractivity contribution in [3.8, 4) is 0 Å². The van der Waals surface area contributed by atoms with E-state index in [1.165, 1.54) is 0 Å². The normalized spacial score (nSPS) is 16.2. The number of fused-ring (bicyclic) bond motifs is 1. The zero-order valence-corrected chi connectivity index (χ0v) is 14.7. The standard InChI is InChI=1S/C19H17BF4O3/c1-18(2)10-12-4-3-11(7-16(12)20(26)27-18)8-17(25)14-6-5-13(21)9-15(14)19(22,23)24/h3-7,9,26H,8,10H2,1-2H3. The summed E-state index contributed by atoms with van der Waals surface area (Å²) in [6.07, 6.45) is -4.58. The van der Waals surface area contributed by atoms with Crippen molar-refractivity contribution in [1.29, 1.82) is 0 Å². The summed E-state index contributed by atoms with van der Waals surface area (Å²) < 4.78 is 58.0. The van der Waals surface area contributed by atoms with E-state index in [9.17, 15) is 27.4 Å². The Morgan fingerprint density at radius 2 is 1.93 bits per heavy atom. The molecule has 0 radical (unpaired) electrons. The lowest BCUT2D eigenvalue weighted by atomic mass is 9.69. The zero-order valence-electron chi connectivity index (χ0n) is 14.7. The van der Waals surface area contributed by atoms with Crippen molar-refractivity contribution >= 4 is 18.4 Å². The largest absolute Gasteiger partial charge is 0.491 e. The second-order valence-corrected chi connectivity index (χ2v) is 7.23. The number of halogens is 4. The fourth-order valence-corrected chi connectivity index (χ4v) is 3.29. The first kappa shape index (κ1) is 19.6. The van der Waals surface area contributed by atoms with Crippen LogP contribution in [-0.4, -0.2) is 23.5 Å². The number of benzene rings is 2.